The van der Waals surface area contributed by atoms with Gasteiger partial charge in [0.05, 0.1) is 13.2 Å². The van der Waals surface area contributed by atoms with Gasteiger partial charge in [-0.1, -0.05) is 33.6 Å². The van der Waals surface area contributed by atoms with E-state index in [1.165, 1.54) is 12.1 Å². The molecule has 6 heteroatoms. The second-order valence-electron chi connectivity index (χ2n) is 4.55. The molecule has 0 aliphatic carbocycles. The number of methoxy groups -OCH3 is 1. The third-order valence-electron chi connectivity index (χ3n) is 3.22. The zero-order valence-corrected chi connectivity index (χ0v) is 13.7. The molecule has 0 aliphatic heterocycles. The Morgan fingerprint density at radius 3 is 2.71 bits per heavy atom. The molecule has 1 atom stereocenters. The van der Waals surface area contributed by atoms with E-state index < -0.39 is 0 Å². The standard InChI is InChI=1S/C15H15BrClFN2O/c1-21-11-3-5-13(16)9(6-11)7-15(20-19)12-4-2-10(18)8-14(12)17/h2-6,8,15,20H,7,19H2,1H3. The lowest BCUT2D eigenvalue weighted by Gasteiger charge is -2.19. The van der Waals surface area contributed by atoms with E-state index in [9.17, 15) is 4.39 Å². The van der Waals surface area contributed by atoms with E-state index in [0.29, 0.717) is 11.4 Å². The van der Waals surface area contributed by atoms with Crippen molar-refractivity contribution >= 4 is 27.5 Å². The maximum atomic E-state index is 13.1. The predicted octanol–water partition coefficient (Wildman–Crippen LogP) is 4.00. The molecule has 21 heavy (non-hydrogen) atoms. The average molecular weight is 374 g/mol. The maximum absolute atomic E-state index is 13.1. The van der Waals surface area contributed by atoms with Gasteiger partial charge < -0.3 is 4.74 Å². The van der Waals surface area contributed by atoms with Crippen LogP contribution in [0.1, 0.15) is 17.2 Å². The third kappa shape index (κ3) is 3.95. The summed E-state index contributed by atoms with van der Waals surface area (Å²) in [6.45, 7) is 0. The normalized spacial score (nSPS) is 12.2. The Kier molecular flexibility index (Phi) is 5.58. The summed E-state index contributed by atoms with van der Waals surface area (Å²) in [4.78, 5) is 0. The van der Waals surface area contributed by atoms with Gasteiger partial charge >= 0.3 is 0 Å². The van der Waals surface area contributed by atoms with E-state index in [-0.39, 0.29) is 11.9 Å². The molecule has 2 aromatic rings. The lowest BCUT2D eigenvalue weighted by molar-refractivity contribution is 0.413. The Bertz CT molecular complexity index is 639. The largest absolute Gasteiger partial charge is 0.497 e. The first kappa shape index (κ1) is 16.2. The van der Waals surface area contributed by atoms with Gasteiger partial charge in [-0.25, -0.2) is 4.39 Å². The fourth-order valence-electron chi connectivity index (χ4n) is 2.10. The van der Waals surface area contributed by atoms with Crippen LogP contribution < -0.4 is 16.0 Å². The summed E-state index contributed by atoms with van der Waals surface area (Å²) in [6.07, 6.45) is 0.583. The van der Waals surface area contributed by atoms with Crippen LogP contribution in [-0.2, 0) is 6.42 Å². The van der Waals surface area contributed by atoms with Crippen LogP contribution in [0.15, 0.2) is 40.9 Å². The van der Waals surface area contributed by atoms with Crippen LogP contribution in [0.4, 0.5) is 4.39 Å². The SMILES string of the molecule is COc1ccc(Br)c(CC(NN)c2ccc(F)cc2Cl)c1. The van der Waals surface area contributed by atoms with E-state index >= 15 is 0 Å². The molecule has 0 saturated carbocycles. The summed E-state index contributed by atoms with van der Waals surface area (Å²) < 4.78 is 19.3. The van der Waals surface area contributed by atoms with E-state index in [0.717, 1.165) is 21.3 Å². The summed E-state index contributed by atoms with van der Waals surface area (Å²) in [5.41, 5.74) is 4.48. The van der Waals surface area contributed by atoms with Crippen molar-refractivity contribution in [3.8, 4) is 5.75 Å². The van der Waals surface area contributed by atoms with Crippen molar-refractivity contribution in [1.29, 1.82) is 0 Å². The minimum Gasteiger partial charge on any atom is -0.497 e. The number of hydrogen-bond donors (Lipinski definition) is 2. The van der Waals surface area contributed by atoms with Gasteiger partial charge in [-0.15, -0.1) is 0 Å². The molecule has 1 unspecified atom stereocenters. The van der Waals surface area contributed by atoms with Gasteiger partial charge in [0.1, 0.15) is 11.6 Å². The molecular weight excluding hydrogens is 359 g/mol. The minimum absolute atomic E-state index is 0.235. The number of nitrogens with one attached hydrogen (secondary N) is 1. The smallest absolute Gasteiger partial charge is 0.124 e. The van der Waals surface area contributed by atoms with Gasteiger partial charge in [-0.3, -0.25) is 11.3 Å². The lowest BCUT2D eigenvalue weighted by Crippen LogP contribution is -2.30. The van der Waals surface area contributed by atoms with Gasteiger partial charge in [0, 0.05) is 9.50 Å². The Labute approximate surface area is 136 Å². The molecule has 0 bridgehead atoms. The second kappa shape index (κ2) is 7.22. The van der Waals surface area contributed by atoms with E-state index in [1.54, 1.807) is 13.2 Å². The van der Waals surface area contributed by atoms with Crippen LogP contribution >= 0.6 is 27.5 Å². The number of halogens is 3. The molecule has 0 amide bonds. The number of benzene rings is 2. The first-order valence-corrected chi connectivity index (χ1v) is 7.45. The predicted molar refractivity (Wildman–Crippen MR) is 85.9 cm³/mol. The maximum Gasteiger partial charge on any atom is 0.124 e. The molecule has 0 heterocycles. The zero-order valence-electron chi connectivity index (χ0n) is 11.4. The number of ether oxygens (including phenoxy) is 1. The minimum atomic E-state index is -0.373. The second-order valence-corrected chi connectivity index (χ2v) is 5.81. The number of nitrogens with two attached hydrogens (primary N) is 1. The molecule has 0 saturated heterocycles. The highest BCUT2D eigenvalue weighted by Crippen LogP contribution is 2.30. The first-order valence-electron chi connectivity index (χ1n) is 6.28. The Balaban J connectivity index is 2.30. The van der Waals surface area contributed by atoms with Crippen molar-refractivity contribution in [3.05, 3.63) is 62.8 Å². The topological polar surface area (TPSA) is 47.3 Å². The Morgan fingerprint density at radius 2 is 2.10 bits per heavy atom. The fraction of sp³-hybridized carbons (Fsp3) is 0.200. The molecule has 3 N–H and O–H groups in total. The average Bonchev–Trinajstić information content (AvgIpc) is 2.47. The van der Waals surface area contributed by atoms with E-state index in [4.69, 9.17) is 22.2 Å². The summed E-state index contributed by atoms with van der Waals surface area (Å²) in [5.74, 6) is 6.02. The molecular formula is C15H15BrClFN2O. The van der Waals surface area contributed by atoms with Crippen LogP contribution in [0.25, 0.3) is 0 Å². The van der Waals surface area contributed by atoms with Crippen molar-refractivity contribution in [3.63, 3.8) is 0 Å². The number of hydrazine groups is 1. The summed E-state index contributed by atoms with van der Waals surface area (Å²) in [7, 11) is 1.61. The molecule has 0 radical (unpaired) electrons. The molecule has 0 aromatic heterocycles. The number of rotatable bonds is 5. The third-order valence-corrected chi connectivity index (χ3v) is 4.32. The van der Waals surface area contributed by atoms with Crippen LogP contribution in [0, 0.1) is 5.82 Å². The van der Waals surface area contributed by atoms with Gasteiger partial charge in [-0.05, 0) is 47.9 Å². The van der Waals surface area contributed by atoms with E-state index in [1.807, 2.05) is 18.2 Å². The lowest BCUT2D eigenvalue weighted by atomic mass is 9.99. The highest BCUT2D eigenvalue weighted by atomic mass is 79.9. The van der Waals surface area contributed by atoms with E-state index in [2.05, 4.69) is 21.4 Å². The molecule has 3 nitrogen and oxygen atoms in total. The molecule has 0 spiro atoms. The molecule has 0 aliphatic rings. The molecule has 2 aromatic carbocycles. The first-order chi connectivity index (χ1) is 10.0. The molecule has 0 fully saturated rings. The summed E-state index contributed by atoms with van der Waals surface area (Å²) >= 11 is 9.60. The summed E-state index contributed by atoms with van der Waals surface area (Å²) in [5, 5.41) is 0.344. The van der Waals surface area contributed by atoms with Crippen LogP contribution in [-0.4, -0.2) is 7.11 Å². The van der Waals surface area contributed by atoms with Crippen LogP contribution in [0.3, 0.4) is 0 Å². The van der Waals surface area contributed by atoms with Crippen LogP contribution in [0.2, 0.25) is 5.02 Å². The van der Waals surface area contributed by atoms with Crippen molar-refractivity contribution in [1.82, 2.24) is 5.43 Å². The van der Waals surface area contributed by atoms with Crippen molar-refractivity contribution < 1.29 is 9.13 Å². The van der Waals surface area contributed by atoms with Gasteiger partial charge in [0.15, 0.2) is 0 Å². The molecule has 112 valence electrons. The highest BCUT2D eigenvalue weighted by Gasteiger charge is 2.16. The number of hydrogen-bond acceptors (Lipinski definition) is 3. The quantitative estimate of drug-likeness (QED) is 0.615. The highest BCUT2D eigenvalue weighted by molar-refractivity contribution is 9.10. The van der Waals surface area contributed by atoms with Gasteiger partial charge in [0.2, 0.25) is 0 Å². The van der Waals surface area contributed by atoms with Crippen molar-refractivity contribution in [2.75, 3.05) is 7.11 Å². The Hall–Kier alpha value is -1.14. The van der Waals surface area contributed by atoms with Gasteiger partial charge in [0.25, 0.3) is 0 Å². The van der Waals surface area contributed by atoms with Gasteiger partial charge in [-0.2, -0.15) is 0 Å². The molecule has 2 rings (SSSR count). The zero-order chi connectivity index (χ0) is 15.4. The van der Waals surface area contributed by atoms with Crippen molar-refractivity contribution in [2.45, 2.75) is 12.5 Å². The monoisotopic (exact) mass is 372 g/mol. The Morgan fingerprint density at radius 1 is 1.33 bits per heavy atom. The summed E-state index contributed by atoms with van der Waals surface area (Å²) in [6, 6.07) is 9.74. The fourth-order valence-corrected chi connectivity index (χ4v) is 2.80. The van der Waals surface area contributed by atoms with Crippen molar-refractivity contribution in [2.24, 2.45) is 5.84 Å². The van der Waals surface area contributed by atoms with Crippen LogP contribution in [0.5, 0.6) is 5.75 Å².